The van der Waals surface area contributed by atoms with Crippen LogP contribution in [0.3, 0.4) is 0 Å². The molecule has 0 radical (unpaired) electrons. The molecule has 70 valence electrons. The largest absolute Gasteiger partial charge is 0.481 e. The molecule has 1 heterocycles. The van der Waals surface area contributed by atoms with Crippen molar-refractivity contribution in [2.24, 2.45) is 0 Å². The van der Waals surface area contributed by atoms with Crippen molar-refractivity contribution in [3.8, 4) is 0 Å². The Bertz CT molecular complexity index is 183. The number of thioether (sulfide) groups is 1. The quantitative estimate of drug-likeness (QED) is 0.684. The summed E-state index contributed by atoms with van der Waals surface area (Å²) in [5.41, 5.74) is -0.977. The predicted octanol–water partition coefficient (Wildman–Crippen LogP) is 1.11. The Morgan fingerprint density at radius 1 is 1.75 bits per heavy atom. The lowest BCUT2D eigenvalue weighted by atomic mass is 9.90. The third kappa shape index (κ3) is 2.14. The predicted molar refractivity (Wildman–Crippen MR) is 48.4 cm³/mol. The first-order valence-electron chi connectivity index (χ1n) is 4.10. The lowest BCUT2D eigenvalue weighted by Crippen LogP contribution is -2.43. The Kier molecular flexibility index (Phi) is 3.01. The topological polar surface area (TPSA) is 57.5 Å². The molecule has 0 spiro atoms. The number of aliphatic hydroxyl groups is 1. The van der Waals surface area contributed by atoms with Gasteiger partial charge in [0.1, 0.15) is 0 Å². The molecule has 2 unspecified atom stereocenters. The molecule has 2 N–H and O–H groups in total. The molecule has 12 heavy (non-hydrogen) atoms. The van der Waals surface area contributed by atoms with Gasteiger partial charge >= 0.3 is 5.97 Å². The molecule has 0 aromatic heterocycles. The van der Waals surface area contributed by atoms with Crippen molar-refractivity contribution < 1.29 is 15.0 Å². The zero-order chi connectivity index (χ0) is 9.19. The minimum absolute atomic E-state index is 0.0438. The summed E-state index contributed by atoms with van der Waals surface area (Å²) >= 11 is 1.65. The summed E-state index contributed by atoms with van der Waals surface area (Å²) in [7, 11) is 0. The average molecular weight is 190 g/mol. The Labute approximate surface area is 76.2 Å². The van der Waals surface area contributed by atoms with E-state index >= 15 is 0 Å². The fraction of sp³-hybridized carbons (Fsp3) is 0.875. The van der Waals surface area contributed by atoms with Gasteiger partial charge in [-0.2, -0.15) is 11.8 Å². The number of hydrogen-bond donors (Lipinski definition) is 2. The molecule has 1 aliphatic heterocycles. The second kappa shape index (κ2) is 3.66. The van der Waals surface area contributed by atoms with Crippen molar-refractivity contribution in [1.82, 2.24) is 0 Å². The summed E-state index contributed by atoms with van der Waals surface area (Å²) in [4.78, 5) is 10.4. The molecule has 1 aliphatic rings. The Morgan fingerprint density at radius 2 is 2.42 bits per heavy atom. The SMILES string of the molecule is CC1SCCCC1(O)CC(=O)O. The molecule has 0 saturated carbocycles. The molecule has 1 rings (SSSR count). The zero-order valence-electron chi connectivity index (χ0n) is 7.12. The van der Waals surface area contributed by atoms with Gasteiger partial charge in [-0.15, -0.1) is 0 Å². The summed E-state index contributed by atoms with van der Waals surface area (Å²) in [5.74, 6) is 0.121. The lowest BCUT2D eigenvalue weighted by molar-refractivity contribution is -0.142. The zero-order valence-corrected chi connectivity index (χ0v) is 7.93. The molecule has 1 fully saturated rings. The van der Waals surface area contributed by atoms with Crippen LogP contribution in [0.2, 0.25) is 0 Å². The maximum Gasteiger partial charge on any atom is 0.306 e. The van der Waals surface area contributed by atoms with Crippen LogP contribution in [0.5, 0.6) is 0 Å². The monoisotopic (exact) mass is 190 g/mol. The first-order valence-corrected chi connectivity index (χ1v) is 5.15. The third-order valence-electron chi connectivity index (χ3n) is 2.34. The first kappa shape index (κ1) is 9.86. The maximum absolute atomic E-state index is 10.4. The van der Waals surface area contributed by atoms with Gasteiger partial charge in [-0.1, -0.05) is 6.92 Å². The van der Waals surface area contributed by atoms with E-state index in [0.29, 0.717) is 6.42 Å². The number of carboxylic acids is 1. The fourth-order valence-corrected chi connectivity index (χ4v) is 2.67. The minimum atomic E-state index is -0.977. The summed E-state index contributed by atoms with van der Waals surface area (Å²) in [6.45, 7) is 1.90. The Morgan fingerprint density at radius 3 is 2.92 bits per heavy atom. The third-order valence-corrected chi connectivity index (χ3v) is 3.80. The van der Waals surface area contributed by atoms with Gasteiger partial charge in [0, 0.05) is 5.25 Å². The summed E-state index contributed by atoms with van der Waals surface area (Å²) in [6, 6.07) is 0. The Balaban J connectivity index is 2.59. The lowest BCUT2D eigenvalue weighted by Gasteiger charge is -2.36. The highest BCUT2D eigenvalue weighted by molar-refractivity contribution is 8.00. The van der Waals surface area contributed by atoms with Crippen molar-refractivity contribution in [3.63, 3.8) is 0 Å². The minimum Gasteiger partial charge on any atom is -0.481 e. The number of carbonyl (C=O) groups is 1. The van der Waals surface area contributed by atoms with Crippen LogP contribution in [-0.2, 0) is 4.79 Å². The molecule has 0 aromatic rings. The summed E-state index contributed by atoms with van der Waals surface area (Å²) < 4.78 is 0. The highest BCUT2D eigenvalue weighted by Gasteiger charge is 2.38. The van der Waals surface area contributed by atoms with E-state index < -0.39 is 11.6 Å². The van der Waals surface area contributed by atoms with Crippen LogP contribution >= 0.6 is 11.8 Å². The van der Waals surface area contributed by atoms with E-state index in [9.17, 15) is 9.90 Å². The second-order valence-electron chi connectivity index (χ2n) is 3.29. The van der Waals surface area contributed by atoms with Crippen molar-refractivity contribution in [2.75, 3.05) is 5.75 Å². The normalized spacial score (nSPS) is 36.3. The number of aliphatic carboxylic acids is 1. The second-order valence-corrected chi connectivity index (χ2v) is 4.74. The smallest absolute Gasteiger partial charge is 0.306 e. The standard InChI is InChI=1S/C8H14O3S/c1-6-8(11,5-7(9)10)3-2-4-12-6/h6,11H,2-5H2,1H3,(H,9,10). The van der Waals surface area contributed by atoms with E-state index in [1.165, 1.54) is 0 Å². The fourth-order valence-electron chi connectivity index (χ4n) is 1.49. The Hall–Kier alpha value is -0.220. The molecular weight excluding hydrogens is 176 g/mol. The van der Waals surface area contributed by atoms with Crippen LogP contribution < -0.4 is 0 Å². The molecular formula is C8H14O3S. The van der Waals surface area contributed by atoms with E-state index in [-0.39, 0.29) is 11.7 Å². The van der Waals surface area contributed by atoms with Gasteiger partial charge < -0.3 is 10.2 Å². The number of rotatable bonds is 2. The van der Waals surface area contributed by atoms with Crippen molar-refractivity contribution in [2.45, 2.75) is 37.0 Å². The maximum atomic E-state index is 10.4. The molecule has 2 atom stereocenters. The molecule has 0 bridgehead atoms. The molecule has 0 aromatic carbocycles. The van der Waals surface area contributed by atoms with Crippen LogP contribution in [0.4, 0.5) is 0 Å². The molecule has 3 nitrogen and oxygen atoms in total. The number of hydrogen-bond acceptors (Lipinski definition) is 3. The van der Waals surface area contributed by atoms with Gasteiger partial charge in [-0.25, -0.2) is 0 Å². The highest BCUT2D eigenvalue weighted by Crippen LogP contribution is 2.35. The van der Waals surface area contributed by atoms with Gasteiger partial charge in [-0.05, 0) is 18.6 Å². The first-order chi connectivity index (χ1) is 5.54. The molecule has 4 heteroatoms. The van der Waals surface area contributed by atoms with Crippen molar-refractivity contribution >= 4 is 17.7 Å². The van der Waals surface area contributed by atoms with Crippen LogP contribution in [0.25, 0.3) is 0 Å². The van der Waals surface area contributed by atoms with Crippen molar-refractivity contribution in [1.29, 1.82) is 0 Å². The van der Waals surface area contributed by atoms with Crippen LogP contribution in [-0.4, -0.2) is 32.8 Å². The highest BCUT2D eigenvalue weighted by atomic mass is 32.2. The van der Waals surface area contributed by atoms with Gasteiger partial charge in [0.15, 0.2) is 0 Å². The van der Waals surface area contributed by atoms with Crippen LogP contribution in [0.1, 0.15) is 26.2 Å². The van der Waals surface area contributed by atoms with E-state index in [1.54, 1.807) is 11.8 Å². The van der Waals surface area contributed by atoms with E-state index in [4.69, 9.17) is 5.11 Å². The van der Waals surface area contributed by atoms with Gasteiger partial charge in [0.25, 0.3) is 0 Å². The molecule has 0 amide bonds. The molecule has 1 saturated heterocycles. The average Bonchev–Trinajstić information content (AvgIpc) is 1.94. The van der Waals surface area contributed by atoms with Gasteiger partial charge in [0.05, 0.1) is 12.0 Å². The van der Waals surface area contributed by atoms with Crippen LogP contribution in [0.15, 0.2) is 0 Å². The summed E-state index contributed by atoms with van der Waals surface area (Å²) in [6.07, 6.45) is 1.41. The van der Waals surface area contributed by atoms with E-state index in [0.717, 1.165) is 12.2 Å². The van der Waals surface area contributed by atoms with Gasteiger partial charge in [0.2, 0.25) is 0 Å². The van der Waals surface area contributed by atoms with E-state index in [1.807, 2.05) is 6.92 Å². The van der Waals surface area contributed by atoms with Crippen molar-refractivity contribution in [3.05, 3.63) is 0 Å². The van der Waals surface area contributed by atoms with Gasteiger partial charge in [-0.3, -0.25) is 4.79 Å². The molecule has 0 aliphatic carbocycles. The number of carboxylic acid groups (broad SMARTS) is 1. The summed E-state index contributed by atoms with van der Waals surface area (Å²) in [5, 5.41) is 18.5. The van der Waals surface area contributed by atoms with E-state index in [2.05, 4.69) is 0 Å². The van der Waals surface area contributed by atoms with Crippen LogP contribution in [0, 0.1) is 0 Å².